The van der Waals surface area contributed by atoms with Gasteiger partial charge < -0.3 is 33.5 Å². The molecule has 0 saturated carbocycles. The maximum atomic E-state index is 12.0. The highest BCUT2D eigenvalue weighted by atomic mass is 16.7. The third-order valence-electron chi connectivity index (χ3n) is 5.98. The Kier molecular flexibility index (Phi) is 11.9. The molecule has 0 aliphatic carbocycles. The van der Waals surface area contributed by atoms with Crippen molar-refractivity contribution < 1.29 is 52.7 Å². The van der Waals surface area contributed by atoms with Crippen molar-refractivity contribution in [2.24, 2.45) is 5.41 Å². The van der Waals surface area contributed by atoms with Crippen molar-refractivity contribution in [1.82, 2.24) is 0 Å². The Morgan fingerprint density at radius 2 is 1.43 bits per heavy atom. The Bertz CT molecular complexity index is 1010. The van der Waals surface area contributed by atoms with Crippen LogP contribution in [0.2, 0.25) is 0 Å². The first-order chi connectivity index (χ1) is 18.6. The smallest absolute Gasteiger partial charge is 0.303 e. The molecule has 0 amide bonds. The topological polar surface area (TPSA) is 144 Å². The minimum atomic E-state index is -2.13. The van der Waals surface area contributed by atoms with E-state index in [2.05, 4.69) is 20.8 Å². The number of aryl methyl sites for hydroxylation is 1. The van der Waals surface area contributed by atoms with Crippen LogP contribution in [0.3, 0.4) is 0 Å². The number of hydrogen-bond acceptors (Lipinski definition) is 11. The van der Waals surface area contributed by atoms with Gasteiger partial charge in [-0.1, -0.05) is 32.9 Å². The van der Waals surface area contributed by atoms with Gasteiger partial charge in [-0.2, -0.15) is 0 Å². The van der Waals surface area contributed by atoms with E-state index in [-0.39, 0.29) is 11.8 Å². The first-order valence-electron chi connectivity index (χ1n) is 13.4. The number of benzene rings is 1. The molecule has 0 bridgehead atoms. The van der Waals surface area contributed by atoms with Gasteiger partial charge in [0.15, 0.2) is 18.3 Å². The predicted molar refractivity (Wildman–Crippen MR) is 142 cm³/mol. The molecule has 11 nitrogen and oxygen atoms in total. The van der Waals surface area contributed by atoms with Gasteiger partial charge in [-0.25, -0.2) is 0 Å². The Hall–Kier alpha value is -3.18. The summed E-state index contributed by atoms with van der Waals surface area (Å²) in [6.45, 7) is 11.1. The van der Waals surface area contributed by atoms with Crippen molar-refractivity contribution >= 4 is 23.9 Å². The Morgan fingerprint density at radius 1 is 0.850 bits per heavy atom. The van der Waals surface area contributed by atoms with Crippen molar-refractivity contribution in [2.75, 3.05) is 13.2 Å². The molecule has 1 heterocycles. The van der Waals surface area contributed by atoms with E-state index < -0.39 is 60.7 Å². The van der Waals surface area contributed by atoms with Crippen LogP contribution in [0.25, 0.3) is 0 Å². The van der Waals surface area contributed by atoms with Crippen LogP contribution in [0.4, 0.5) is 0 Å². The summed E-state index contributed by atoms with van der Waals surface area (Å²) >= 11 is 0. The van der Waals surface area contributed by atoms with Crippen molar-refractivity contribution in [3.8, 4) is 5.75 Å². The Labute approximate surface area is 235 Å². The molecule has 0 spiro atoms. The molecule has 1 aliphatic heterocycles. The van der Waals surface area contributed by atoms with E-state index in [1.165, 1.54) is 6.92 Å². The van der Waals surface area contributed by atoms with Crippen LogP contribution < -0.4 is 4.74 Å². The average Bonchev–Trinajstić information content (AvgIpc) is 2.83. The number of aliphatic hydroxyl groups is 1. The lowest BCUT2D eigenvalue weighted by Crippen LogP contribution is -2.68. The van der Waals surface area contributed by atoms with E-state index >= 15 is 0 Å². The second-order valence-corrected chi connectivity index (χ2v) is 11.2. The predicted octanol–water partition coefficient (Wildman–Crippen LogP) is 3.27. The van der Waals surface area contributed by atoms with Crippen LogP contribution in [0.15, 0.2) is 24.3 Å². The highest BCUT2D eigenvalue weighted by Crippen LogP contribution is 2.37. The fraction of sp³-hybridized carbons (Fsp3) is 0.655. The van der Waals surface area contributed by atoms with Gasteiger partial charge in [0.2, 0.25) is 5.79 Å². The average molecular weight is 567 g/mol. The summed E-state index contributed by atoms with van der Waals surface area (Å²) in [5, 5.41) is 11.6. The van der Waals surface area contributed by atoms with Crippen molar-refractivity contribution in [1.29, 1.82) is 0 Å². The minimum absolute atomic E-state index is 0.0150. The lowest BCUT2D eigenvalue weighted by atomic mass is 9.88. The highest BCUT2D eigenvalue weighted by molar-refractivity contribution is 5.68. The summed E-state index contributed by atoms with van der Waals surface area (Å²) in [6, 6.07) is 7.77. The SMILES string of the molecule is CC(=O)OC[C@H]1O[C@](O)(CCCCc2ccc(OCC(C)(C)C)cc2)[C@H](OC(C)=O)[C@@H](OC(C)=O)[C@@H]1OC(C)=O. The molecule has 40 heavy (non-hydrogen) atoms. The summed E-state index contributed by atoms with van der Waals surface area (Å²) in [5.74, 6) is -4.24. The number of rotatable bonds is 12. The second kappa shape index (κ2) is 14.5. The van der Waals surface area contributed by atoms with Gasteiger partial charge in [0.1, 0.15) is 18.5 Å². The maximum Gasteiger partial charge on any atom is 0.303 e. The quantitative estimate of drug-likeness (QED) is 0.226. The molecule has 1 fully saturated rings. The van der Waals surface area contributed by atoms with Crippen LogP contribution >= 0.6 is 0 Å². The summed E-state index contributed by atoms with van der Waals surface area (Å²) in [7, 11) is 0. The van der Waals surface area contributed by atoms with Crippen molar-refractivity contribution in [2.45, 2.75) is 104 Å². The molecule has 2 rings (SSSR count). The van der Waals surface area contributed by atoms with Crippen LogP contribution in [0.5, 0.6) is 5.75 Å². The number of esters is 4. The molecular formula is C29H42O11. The van der Waals surface area contributed by atoms with Crippen molar-refractivity contribution in [3.63, 3.8) is 0 Å². The van der Waals surface area contributed by atoms with Crippen LogP contribution in [-0.4, -0.2) is 72.4 Å². The lowest BCUT2D eigenvalue weighted by Gasteiger charge is -2.48. The van der Waals surface area contributed by atoms with Crippen LogP contribution in [-0.2, 0) is 49.3 Å². The van der Waals surface area contributed by atoms with Gasteiger partial charge >= 0.3 is 23.9 Å². The molecule has 224 valence electrons. The van der Waals surface area contributed by atoms with E-state index in [1.807, 2.05) is 24.3 Å². The minimum Gasteiger partial charge on any atom is -0.493 e. The summed E-state index contributed by atoms with van der Waals surface area (Å²) in [5.41, 5.74) is 1.12. The number of unbranched alkanes of at least 4 members (excludes halogenated alkanes) is 1. The number of carbonyl (C=O) groups excluding carboxylic acids is 4. The normalized spacial score (nSPS) is 24.5. The zero-order valence-corrected chi connectivity index (χ0v) is 24.4. The first-order valence-corrected chi connectivity index (χ1v) is 13.4. The second-order valence-electron chi connectivity index (χ2n) is 11.2. The first kappa shape index (κ1) is 33.0. The molecule has 1 aliphatic rings. The third-order valence-corrected chi connectivity index (χ3v) is 5.98. The summed E-state index contributed by atoms with van der Waals surface area (Å²) in [4.78, 5) is 47.3. The Morgan fingerprint density at radius 3 is 1.95 bits per heavy atom. The van der Waals surface area contributed by atoms with Crippen LogP contribution in [0.1, 0.15) is 73.3 Å². The maximum absolute atomic E-state index is 12.0. The lowest BCUT2D eigenvalue weighted by molar-refractivity contribution is -0.354. The van der Waals surface area contributed by atoms with Gasteiger partial charge in [-0.05, 0) is 42.4 Å². The molecule has 11 heteroatoms. The molecule has 5 atom stereocenters. The fourth-order valence-electron chi connectivity index (χ4n) is 4.32. The van der Waals surface area contributed by atoms with E-state index in [0.29, 0.717) is 25.9 Å². The third kappa shape index (κ3) is 10.8. The molecule has 0 aromatic heterocycles. The van der Waals surface area contributed by atoms with E-state index in [9.17, 15) is 24.3 Å². The van der Waals surface area contributed by atoms with E-state index in [1.54, 1.807) is 0 Å². The summed E-state index contributed by atoms with van der Waals surface area (Å²) < 4.78 is 32.9. The van der Waals surface area contributed by atoms with Gasteiger partial charge in [0.25, 0.3) is 0 Å². The molecule has 1 aromatic carbocycles. The van der Waals surface area contributed by atoms with Gasteiger partial charge in [-0.3, -0.25) is 19.2 Å². The van der Waals surface area contributed by atoms with E-state index in [0.717, 1.165) is 32.1 Å². The molecule has 1 N–H and O–H groups in total. The number of ether oxygens (including phenoxy) is 6. The summed E-state index contributed by atoms with van der Waals surface area (Å²) in [6.07, 6.45) is -3.69. The molecule has 1 saturated heterocycles. The molecule has 0 radical (unpaired) electrons. The zero-order valence-electron chi connectivity index (χ0n) is 24.4. The van der Waals surface area contributed by atoms with Crippen LogP contribution in [0, 0.1) is 5.41 Å². The fourth-order valence-corrected chi connectivity index (χ4v) is 4.32. The molecule has 1 aromatic rings. The van der Waals surface area contributed by atoms with E-state index in [4.69, 9.17) is 28.4 Å². The number of carbonyl (C=O) groups is 4. The van der Waals surface area contributed by atoms with Gasteiger partial charge in [-0.15, -0.1) is 0 Å². The highest BCUT2D eigenvalue weighted by Gasteiger charge is 2.59. The van der Waals surface area contributed by atoms with Crippen molar-refractivity contribution in [3.05, 3.63) is 29.8 Å². The monoisotopic (exact) mass is 566 g/mol. The zero-order chi connectivity index (χ0) is 30.1. The molecular weight excluding hydrogens is 524 g/mol. The Balaban J connectivity index is 2.18. The molecule has 0 unspecified atom stereocenters. The van der Waals surface area contributed by atoms with Gasteiger partial charge in [0.05, 0.1) is 6.61 Å². The number of hydrogen-bond donors (Lipinski definition) is 1. The largest absolute Gasteiger partial charge is 0.493 e. The van der Waals surface area contributed by atoms with Gasteiger partial charge in [0, 0.05) is 34.1 Å². The standard InChI is InChI=1S/C29H42O11/c1-18(30)35-16-24-25(37-19(2)31)26(38-20(3)32)27(39-21(4)33)29(34,40-24)15-9-8-10-22-11-13-23(14-12-22)36-17-28(5,6)7/h11-14,24-27,34H,8-10,15-17H2,1-7H3/t24-,25-,26+,27-,29-/m1/s1.